The number of furan rings is 1. The zero-order valence-corrected chi connectivity index (χ0v) is 16.3. The summed E-state index contributed by atoms with van der Waals surface area (Å²) < 4.78 is 5.06. The molecule has 0 aromatic carbocycles. The van der Waals surface area contributed by atoms with Gasteiger partial charge in [0.2, 0.25) is 0 Å². The molecule has 3 heterocycles. The number of aromatic nitrogens is 2. The molecular formula is C19H20N4O3S. The van der Waals surface area contributed by atoms with Crippen LogP contribution in [0.5, 0.6) is 0 Å². The fraction of sp³-hybridized carbons (Fsp3) is 0.263. The summed E-state index contributed by atoms with van der Waals surface area (Å²) >= 11 is 1.19. The summed E-state index contributed by atoms with van der Waals surface area (Å²) in [5.74, 6) is 0.279. The lowest BCUT2D eigenvalue weighted by molar-refractivity contribution is 0.0995. The molecule has 3 aromatic heterocycles. The number of carbonyl (C=O) groups is 2. The maximum atomic E-state index is 12.6. The van der Waals surface area contributed by atoms with Crippen molar-refractivity contribution in [3.63, 3.8) is 0 Å². The van der Waals surface area contributed by atoms with E-state index in [0.29, 0.717) is 21.4 Å². The minimum absolute atomic E-state index is 0.159. The lowest BCUT2D eigenvalue weighted by Gasteiger charge is -2.16. The van der Waals surface area contributed by atoms with Crippen molar-refractivity contribution < 1.29 is 14.0 Å². The third-order valence-electron chi connectivity index (χ3n) is 3.69. The number of hydrogen-bond donors (Lipinski definition) is 2. The van der Waals surface area contributed by atoms with Crippen LogP contribution in [0.2, 0.25) is 0 Å². The fourth-order valence-electron chi connectivity index (χ4n) is 2.32. The number of amides is 2. The molecule has 0 fully saturated rings. The Morgan fingerprint density at radius 1 is 1.11 bits per heavy atom. The lowest BCUT2D eigenvalue weighted by Crippen LogP contribution is -2.17. The number of rotatable bonds is 4. The van der Waals surface area contributed by atoms with Crippen LogP contribution in [0.15, 0.2) is 41.3 Å². The van der Waals surface area contributed by atoms with Crippen molar-refractivity contribution in [3.8, 4) is 0 Å². The minimum Gasteiger partial charge on any atom is -0.459 e. The summed E-state index contributed by atoms with van der Waals surface area (Å²) in [7, 11) is 0. The molecule has 0 aliphatic rings. The third kappa shape index (κ3) is 4.40. The van der Waals surface area contributed by atoms with Gasteiger partial charge in [-0.3, -0.25) is 9.59 Å². The molecule has 3 aromatic rings. The van der Waals surface area contributed by atoms with Gasteiger partial charge in [-0.15, -0.1) is 11.3 Å². The van der Waals surface area contributed by atoms with Crippen molar-refractivity contribution in [2.75, 3.05) is 10.6 Å². The van der Waals surface area contributed by atoms with E-state index in [4.69, 9.17) is 4.42 Å². The van der Waals surface area contributed by atoms with Gasteiger partial charge >= 0.3 is 0 Å². The fourth-order valence-corrected chi connectivity index (χ4v) is 3.28. The second kappa shape index (κ2) is 7.32. The topological polar surface area (TPSA) is 97.1 Å². The molecule has 0 radical (unpaired) electrons. The van der Waals surface area contributed by atoms with Crippen LogP contribution in [-0.2, 0) is 5.41 Å². The van der Waals surface area contributed by atoms with Crippen LogP contribution in [0.4, 0.5) is 10.7 Å². The molecule has 0 bridgehead atoms. The van der Waals surface area contributed by atoms with Gasteiger partial charge in [0, 0.05) is 5.41 Å². The minimum atomic E-state index is -0.362. The Labute approximate surface area is 160 Å². The molecule has 7 nitrogen and oxygen atoms in total. The molecule has 140 valence electrons. The number of nitrogens with one attached hydrogen (secondary N) is 2. The SMILES string of the molecule is Cc1cc(NC(=O)c2ccco2)sc1C(=O)Nc1cnc(C(C)(C)C)nc1. The van der Waals surface area contributed by atoms with E-state index in [0.717, 1.165) is 5.56 Å². The molecule has 27 heavy (non-hydrogen) atoms. The average Bonchev–Trinajstić information content (AvgIpc) is 3.24. The Balaban J connectivity index is 1.70. The highest BCUT2D eigenvalue weighted by Gasteiger charge is 2.19. The van der Waals surface area contributed by atoms with Gasteiger partial charge in [-0.05, 0) is 30.7 Å². The Kier molecular flexibility index (Phi) is 5.09. The number of aryl methyl sites for hydroxylation is 1. The zero-order chi connectivity index (χ0) is 19.6. The first-order chi connectivity index (χ1) is 12.7. The monoisotopic (exact) mass is 384 g/mol. The Bertz CT molecular complexity index is 954. The second-order valence-electron chi connectivity index (χ2n) is 7.05. The van der Waals surface area contributed by atoms with Gasteiger partial charge in [0.25, 0.3) is 11.8 Å². The first kappa shape index (κ1) is 18.8. The Hall–Kier alpha value is -3.00. The molecule has 0 spiro atoms. The van der Waals surface area contributed by atoms with Gasteiger partial charge in [0.05, 0.1) is 34.2 Å². The molecule has 8 heteroatoms. The third-order valence-corrected chi connectivity index (χ3v) is 4.84. The van der Waals surface area contributed by atoms with Crippen molar-refractivity contribution in [2.24, 2.45) is 0 Å². The van der Waals surface area contributed by atoms with Crippen molar-refractivity contribution >= 4 is 33.8 Å². The Morgan fingerprint density at radius 2 is 1.81 bits per heavy atom. The zero-order valence-electron chi connectivity index (χ0n) is 15.5. The molecule has 0 saturated carbocycles. The van der Waals surface area contributed by atoms with Crippen LogP contribution in [0.3, 0.4) is 0 Å². The normalized spacial score (nSPS) is 11.3. The van der Waals surface area contributed by atoms with Crippen LogP contribution in [0.25, 0.3) is 0 Å². The van der Waals surface area contributed by atoms with E-state index < -0.39 is 0 Å². The molecule has 0 unspecified atom stereocenters. The van der Waals surface area contributed by atoms with Crippen molar-refractivity contribution in [3.05, 3.63) is 58.9 Å². The maximum absolute atomic E-state index is 12.6. The first-order valence-corrected chi connectivity index (χ1v) is 9.15. The van der Waals surface area contributed by atoms with Crippen LogP contribution < -0.4 is 10.6 Å². The summed E-state index contributed by atoms with van der Waals surface area (Å²) in [5, 5.41) is 6.08. The van der Waals surface area contributed by atoms with E-state index >= 15 is 0 Å². The molecule has 0 aliphatic carbocycles. The molecule has 2 amide bonds. The van der Waals surface area contributed by atoms with Gasteiger partial charge in [0.1, 0.15) is 5.82 Å². The summed E-state index contributed by atoms with van der Waals surface area (Å²) in [5.41, 5.74) is 1.12. The number of thiophene rings is 1. The largest absolute Gasteiger partial charge is 0.459 e. The predicted octanol–water partition coefficient (Wildman–Crippen LogP) is 4.24. The number of nitrogens with zero attached hydrogens (tertiary/aromatic N) is 2. The van der Waals surface area contributed by atoms with Crippen molar-refractivity contribution in [1.82, 2.24) is 9.97 Å². The number of hydrogen-bond acceptors (Lipinski definition) is 6. The van der Waals surface area contributed by atoms with Gasteiger partial charge < -0.3 is 15.1 Å². The highest BCUT2D eigenvalue weighted by atomic mass is 32.1. The van der Waals surface area contributed by atoms with E-state index in [1.165, 1.54) is 17.6 Å². The maximum Gasteiger partial charge on any atom is 0.291 e. The summed E-state index contributed by atoms with van der Waals surface area (Å²) in [6.07, 6.45) is 4.61. The van der Waals surface area contributed by atoms with Crippen molar-refractivity contribution in [1.29, 1.82) is 0 Å². The lowest BCUT2D eigenvalue weighted by atomic mass is 9.96. The van der Waals surface area contributed by atoms with Crippen LogP contribution in [0.1, 0.15) is 52.4 Å². The van der Waals surface area contributed by atoms with Gasteiger partial charge in [-0.25, -0.2) is 9.97 Å². The van der Waals surface area contributed by atoms with E-state index in [1.54, 1.807) is 30.6 Å². The molecule has 2 N–H and O–H groups in total. The van der Waals surface area contributed by atoms with Crippen LogP contribution >= 0.6 is 11.3 Å². The van der Waals surface area contributed by atoms with Crippen LogP contribution in [-0.4, -0.2) is 21.8 Å². The Morgan fingerprint density at radius 3 is 2.41 bits per heavy atom. The quantitative estimate of drug-likeness (QED) is 0.701. The smallest absolute Gasteiger partial charge is 0.291 e. The summed E-state index contributed by atoms with van der Waals surface area (Å²) in [6, 6.07) is 4.96. The molecular weight excluding hydrogens is 364 g/mol. The average molecular weight is 384 g/mol. The van der Waals surface area contributed by atoms with Crippen LogP contribution in [0, 0.1) is 6.92 Å². The summed E-state index contributed by atoms with van der Waals surface area (Å²) in [4.78, 5) is 33.7. The number of carbonyl (C=O) groups excluding carboxylic acids is 2. The van der Waals surface area contributed by atoms with Gasteiger partial charge in [0.15, 0.2) is 5.76 Å². The van der Waals surface area contributed by atoms with Gasteiger partial charge in [-0.1, -0.05) is 20.8 Å². The summed E-state index contributed by atoms with van der Waals surface area (Å²) in [6.45, 7) is 7.88. The molecule has 0 saturated heterocycles. The molecule has 0 atom stereocenters. The highest BCUT2D eigenvalue weighted by Crippen LogP contribution is 2.28. The first-order valence-electron chi connectivity index (χ1n) is 8.33. The predicted molar refractivity (Wildman–Crippen MR) is 104 cm³/mol. The van der Waals surface area contributed by atoms with E-state index in [1.807, 2.05) is 27.7 Å². The van der Waals surface area contributed by atoms with E-state index in [-0.39, 0.29) is 23.0 Å². The number of anilines is 2. The molecule has 0 aliphatic heterocycles. The second-order valence-corrected chi connectivity index (χ2v) is 8.11. The van der Waals surface area contributed by atoms with E-state index in [2.05, 4.69) is 20.6 Å². The highest BCUT2D eigenvalue weighted by molar-refractivity contribution is 7.18. The standard InChI is InChI=1S/C19H20N4O3S/c1-11-8-14(23-16(24)13-6-5-7-26-13)27-15(11)17(25)22-12-9-20-18(21-10-12)19(2,3)4/h5-10H,1-4H3,(H,22,25)(H,23,24). The van der Waals surface area contributed by atoms with Crippen molar-refractivity contribution in [2.45, 2.75) is 33.1 Å². The van der Waals surface area contributed by atoms with Gasteiger partial charge in [-0.2, -0.15) is 0 Å². The van der Waals surface area contributed by atoms with E-state index in [9.17, 15) is 9.59 Å². The molecule has 3 rings (SSSR count).